The summed E-state index contributed by atoms with van der Waals surface area (Å²) < 4.78 is 5.98. The van der Waals surface area contributed by atoms with Gasteiger partial charge in [-0.3, -0.25) is 0 Å². The predicted molar refractivity (Wildman–Crippen MR) is 91.5 cm³/mol. The van der Waals surface area contributed by atoms with Crippen LogP contribution in [0.5, 0.6) is 5.75 Å². The molecule has 3 aromatic rings. The van der Waals surface area contributed by atoms with Crippen LogP contribution in [0.25, 0.3) is 11.1 Å². The predicted octanol–water partition coefficient (Wildman–Crippen LogP) is 4.10. The van der Waals surface area contributed by atoms with E-state index in [2.05, 4.69) is 0 Å². The summed E-state index contributed by atoms with van der Waals surface area (Å²) in [6, 6.07) is 23.4. The van der Waals surface area contributed by atoms with E-state index in [1.807, 2.05) is 72.8 Å². The van der Waals surface area contributed by atoms with Gasteiger partial charge in [-0.05, 0) is 35.4 Å². The highest BCUT2D eigenvalue weighted by molar-refractivity contribution is 5.83. The van der Waals surface area contributed by atoms with Crippen LogP contribution in [0.4, 0.5) is 11.4 Å². The standard InChI is InChI=1S/C19H18N2O/c20-16-9-4-8-15(12-16)19-17(21)10-5-11-18(19)22-13-14-6-2-1-3-7-14/h1-12H,13,20-21H2. The Bertz CT molecular complexity index is 769. The van der Waals surface area contributed by atoms with Crippen molar-refractivity contribution in [1.29, 1.82) is 0 Å². The van der Waals surface area contributed by atoms with Gasteiger partial charge >= 0.3 is 0 Å². The molecule has 0 saturated heterocycles. The molecule has 0 fully saturated rings. The van der Waals surface area contributed by atoms with Crippen LogP contribution in [0.3, 0.4) is 0 Å². The smallest absolute Gasteiger partial charge is 0.129 e. The van der Waals surface area contributed by atoms with Gasteiger partial charge in [0.1, 0.15) is 12.4 Å². The molecule has 0 aliphatic rings. The van der Waals surface area contributed by atoms with Gasteiger partial charge in [0, 0.05) is 16.9 Å². The molecule has 0 amide bonds. The summed E-state index contributed by atoms with van der Waals surface area (Å²) in [6.07, 6.45) is 0. The molecule has 0 aliphatic carbocycles. The van der Waals surface area contributed by atoms with Gasteiger partial charge in [0.2, 0.25) is 0 Å². The molecule has 4 N–H and O–H groups in total. The molecule has 3 aromatic carbocycles. The van der Waals surface area contributed by atoms with Crippen LogP contribution < -0.4 is 16.2 Å². The Balaban J connectivity index is 1.93. The van der Waals surface area contributed by atoms with Gasteiger partial charge in [-0.25, -0.2) is 0 Å². The summed E-state index contributed by atoms with van der Waals surface area (Å²) in [4.78, 5) is 0. The molecular weight excluding hydrogens is 272 g/mol. The molecule has 0 aliphatic heterocycles. The highest BCUT2D eigenvalue weighted by Gasteiger charge is 2.10. The minimum Gasteiger partial charge on any atom is -0.488 e. The maximum atomic E-state index is 6.15. The molecule has 3 heteroatoms. The van der Waals surface area contributed by atoms with Crippen LogP contribution >= 0.6 is 0 Å². The summed E-state index contributed by atoms with van der Waals surface area (Å²) in [5, 5.41) is 0. The van der Waals surface area contributed by atoms with Crippen LogP contribution in [0.2, 0.25) is 0 Å². The Morgan fingerprint density at radius 3 is 2.32 bits per heavy atom. The van der Waals surface area contributed by atoms with E-state index in [4.69, 9.17) is 16.2 Å². The van der Waals surface area contributed by atoms with Gasteiger partial charge in [0.25, 0.3) is 0 Å². The highest BCUT2D eigenvalue weighted by atomic mass is 16.5. The molecule has 0 radical (unpaired) electrons. The van der Waals surface area contributed by atoms with Crippen molar-refractivity contribution in [2.45, 2.75) is 6.61 Å². The molecule has 22 heavy (non-hydrogen) atoms. The zero-order valence-electron chi connectivity index (χ0n) is 12.2. The lowest BCUT2D eigenvalue weighted by molar-refractivity contribution is 0.307. The van der Waals surface area contributed by atoms with E-state index >= 15 is 0 Å². The van der Waals surface area contributed by atoms with Crippen molar-refractivity contribution in [1.82, 2.24) is 0 Å². The first-order valence-corrected chi connectivity index (χ1v) is 7.15. The zero-order valence-corrected chi connectivity index (χ0v) is 12.2. The third kappa shape index (κ3) is 3.04. The second-order valence-corrected chi connectivity index (χ2v) is 5.12. The van der Waals surface area contributed by atoms with Crippen molar-refractivity contribution in [3.05, 3.63) is 78.4 Å². The SMILES string of the molecule is Nc1cccc(-c2c(N)cccc2OCc2ccccc2)c1. The maximum Gasteiger partial charge on any atom is 0.129 e. The summed E-state index contributed by atoms with van der Waals surface area (Å²) in [5.41, 5.74) is 16.4. The second kappa shape index (κ2) is 6.22. The Kier molecular flexibility index (Phi) is 3.97. The van der Waals surface area contributed by atoms with Crippen LogP contribution in [0, 0.1) is 0 Å². The van der Waals surface area contributed by atoms with Crippen LogP contribution in [-0.2, 0) is 6.61 Å². The number of nitrogen functional groups attached to an aromatic ring is 2. The first-order valence-electron chi connectivity index (χ1n) is 7.15. The number of rotatable bonds is 4. The van der Waals surface area contributed by atoms with Crippen LogP contribution in [0.1, 0.15) is 5.56 Å². The molecule has 110 valence electrons. The average Bonchev–Trinajstić information content (AvgIpc) is 2.54. The molecule has 0 aromatic heterocycles. The zero-order chi connectivity index (χ0) is 15.4. The molecule has 3 nitrogen and oxygen atoms in total. The molecule has 0 atom stereocenters. The quantitative estimate of drug-likeness (QED) is 0.711. The fraction of sp³-hybridized carbons (Fsp3) is 0.0526. The van der Waals surface area contributed by atoms with Gasteiger partial charge < -0.3 is 16.2 Å². The van der Waals surface area contributed by atoms with Gasteiger partial charge in [0.15, 0.2) is 0 Å². The molecule has 3 rings (SSSR count). The number of nitrogens with two attached hydrogens (primary N) is 2. The van der Waals surface area contributed by atoms with E-state index in [0.29, 0.717) is 18.0 Å². The third-order valence-corrected chi connectivity index (χ3v) is 3.47. The van der Waals surface area contributed by atoms with E-state index in [-0.39, 0.29) is 0 Å². The topological polar surface area (TPSA) is 61.3 Å². The number of ether oxygens (including phenoxy) is 1. The minimum atomic E-state index is 0.500. The fourth-order valence-corrected chi connectivity index (χ4v) is 2.41. The number of hydrogen-bond acceptors (Lipinski definition) is 3. The van der Waals surface area contributed by atoms with Crippen molar-refractivity contribution in [3.63, 3.8) is 0 Å². The van der Waals surface area contributed by atoms with Gasteiger partial charge in [-0.2, -0.15) is 0 Å². The number of hydrogen-bond donors (Lipinski definition) is 2. The Morgan fingerprint density at radius 2 is 1.55 bits per heavy atom. The van der Waals surface area contributed by atoms with Crippen LogP contribution in [0.15, 0.2) is 72.8 Å². The van der Waals surface area contributed by atoms with E-state index in [0.717, 1.165) is 22.4 Å². The van der Waals surface area contributed by atoms with Crippen molar-refractivity contribution >= 4 is 11.4 Å². The van der Waals surface area contributed by atoms with E-state index in [1.54, 1.807) is 0 Å². The normalized spacial score (nSPS) is 10.4. The van der Waals surface area contributed by atoms with Crippen LogP contribution in [-0.4, -0.2) is 0 Å². The Labute approximate surface area is 130 Å². The lowest BCUT2D eigenvalue weighted by Gasteiger charge is -2.14. The van der Waals surface area contributed by atoms with Gasteiger partial charge in [-0.1, -0.05) is 48.5 Å². The van der Waals surface area contributed by atoms with Crippen molar-refractivity contribution in [2.24, 2.45) is 0 Å². The first kappa shape index (κ1) is 14.0. The molecule has 0 saturated carbocycles. The largest absolute Gasteiger partial charge is 0.488 e. The molecule has 0 bridgehead atoms. The summed E-state index contributed by atoms with van der Waals surface area (Å²) in [5.74, 6) is 0.759. The Morgan fingerprint density at radius 1 is 0.773 bits per heavy atom. The molecular formula is C19H18N2O. The number of anilines is 2. The van der Waals surface area contributed by atoms with Gasteiger partial charge in [0.05, 0.1) is 0 Å². The maximum absolute atomic E-state index is 6.15. The molecule has 0 heterocycles. The Hall–Kier alpha value is -2.94. The highest BCUT2D eigenvalue weighted by Crippen LogP contribution is 2.36. The summed E-state index contributed by atoms with van der Waals surface area (Å²) >= 11 is 0. The first-order chi connectivity index (χ1) is 10.7. The summed E-state index contributed by atoms with van der Waals surface area (Å²) in [7, 11) is 0. The van der Waals surface area contributed by atoms with E-state index < -0.39 is 0 Å². The van der Waals surface area contributed by atoms with Crippen molar-refractivity contribution < 1.29 is 4.74 Å². The fourth-order valence-electron chi connectivity index (χ4n) is 2.41. The minimum absolute atomic E-state index is 0.500. The lowest BCUT2D eigenvalue weighted by Crippen LogP contribution is -1.99. The van der Waals surface area contributed by atoms with Gasteiger partial charge in [-0.15, -0.1) is 0 Å². The third-order valence-electron chi connectivity index (χ3n) is 3.47. The lowest BCUT2D eigenvalue weighted by atomic mass is 10.0. The monoisotopic (exact) mass is 290 g/mol. The second-order valence-electron chi connectivity index (χ2n) is 5.12. The van der Waals surface area contributed by atoms with E-state index in [9.17, 15) is 0 Å². The van der Waals surface area contributed by atoms with Crippen molar-refractivity contribution in [3.8, 4) is 16.9 Å². The summed E-state index contributed by atoms with van der Waals surface area (Å²) in [6.45, 7) is 0.500. The number of benzene rings is 3. The molecule has 0 unspecified atom stereocenters. The molecule has 0 spiro atoms. The average molecular weight is 290 g/mol. The van der Waals surface area contributed by atoms with E-state index in [1.165, 1.54) is 0 Å². The van der Waals surface area contributed by atoms with Crippen molar-refractivity contribution in [2.75, 3.05) is 11.5 Å².